The number of hydrogen-bond donors (Lipinski definition) is 1. The quantitative estimate of drug-likeness (QED) is 0.593. The van der Waals surface area contributed by atoms with E-state index in [1.165, 1.54) is 23.1 Å². The van der Waals surface area contributed by atoms with Gasteiger partial charge in [-0.25, -0.2) is 0 Å². The molecular formula is C20H27N5O4S2. The van der Waals surface area contributed by atoms with Crippen molar-refractivity contribution in [2.75, 3.05) is 51.1 Å². The molecule has 31 heavy (non-hydrogen) atoms. The predicted octanol–water partition coefficient (Wildman–Crippen LogP) is 2.13. The Bertz CT molecular complexity index is 890. The molecule has 0 unspecified atom stereocenters. The Kier molecular flexibility index (Phi) is 7.97. The highest BCUT2D eigenvalue weighted by Gasteiger charge is 2.25. The minimum absolute atomic E-state index is 0.0157. The van der Waals surface area contributed by atoms with Crippen molar-refractivity contribution >= 4 is 40.0 Å². The topological polar surface area (TPSA) is 96.9 Å². The van der Waals surface area contributed by atoms with Crippen molar-refractivity contribution in [2.45, 2.75) is 24.2 Å². The van der Waals surface area contributed by atoms with Crippen LogP contribution in [0.4, 0.5) is 5.13 Å². The van der Waals surface area contributed by atoms with Gasteiger partial charge in [0.05, 0.1) is 20.0 Å². The monoisotopic (exact) mass is 465 g/mol. The van der Waals surface area contributed by atoms with Crippen LogP contribution in [0.25, 0.3) is 0 Å². The average molecular weight is 466 g/mol. The van der Waals surface area contributed by atoms with Crippen LogP contribution in [0.1, 0.15) is 24.2 Å². The summed E-state index contributed by atoms with van der Waals surface area (Å²) in [4.78, 5) is 28.7. The lowest BCUT2D eigenvalue weighted by molar-refractivity contribution is -0.119. The molecule has 0 aliphatic carbocycles. The van der Waals surface area contributed by atoms with Crippen LogP contribution in [0.2, 0.25) is 0 Å². The van der Waals surface area contributed by atoms with Gasteiger partial charge in [0.15, 0.2) is 4.34 Å². The Morgan fingerprint density at radius 3 is 2.32 bits per heavy atom. The first-order valence-electron chi connectivity index (χ1n) is 9.92. The number of methoxy groups -OCH3 is 2. The second-order valence-electron chi connectivity index (χ2n) is 7.24. The third-order valence-electron chi connectivity index (χ3n) is 4.61. The van der Waals surface area contributed by atoms with Gasteiger partial charge in [0, 0.05) is 43.9 Å². The maximum absolute atomic E-state index is 12.9. The molecule has 2 heterocycles. The lowest BCUT2D eigenvalue weighted by Gasteiger charge is -2.34. The molecule has 1 aliphatic heterocycles. The molecule has 1 saturated heterocycles. The second kappa shape index (κ2) is 10.7. The van der Waals surface area contributed by atoms with Crippen LogP contribution in [0.15, 0.2) is 22.5 Å². The van der Waals surface area contributed by atoms with E-state index in [4.69, 9.17) is 9.47 Å². The summed E-state index contributed by atoms with van der Waals surface area (Å²) >= 11 is 2.85. The number of ether oxygens (including phenoxy) is 2. The highest BCUT2D eigenvalue weighted by molar-refractivity contribution is 8.01. The van der Waals surface area contributed by atoms with Crippen molar-refractivity contribution < 1.29 is 19.1 Å². The number of hydrogen-bond acceptors (Lipinski definition) is 9. The molecule has 2 aromatic rings. The van der Waals surface area contributed by atoms with Gasteiger partial charge < -0.3 is 24.6 Å². The molecule has 1 fully saturated rings. The molecule has 0 saturated carbocycles. The highest BCUT2D eigenvalue weighted by atomic mass is 32.2. The molecule has 1 aromatic heterocycles. The fourth-order valence-corrected chi connectivity index (χ4v) is 4.80. The Hall–Kier alpha value is -2.53. The molecular weight excluding hydrogens is 438 g/mol. The van der Waals surface area contributed by atoms with Crippen LogP contribution in [0.3, 0.4) is 0 Å². The number of piperazine rings is 1. The normalized spacial score (nSPS) is 14.0. The molecule has 168 valence electrons. The van der Waals surface area contributed by atoms with Gasteiger partial charge in [-0.3, -0.25) is 9.59 Å². The van der Waals surface area contributed by atoms with E-state index in [1.54, 1.807) is 32.4 Å². The molecule has 9 nitrogen and oxygen atoms in total. The van der Waals surface area contributed by atoms with Gasteiger partial charge in [-0.15, -0.1) is 10.2 Å². The Morgan fingerprint density at radius 2 is 1.74 bits per heavy atom. The van der Waals surface area contributed by atoms with Crippen LogP contribution >= 0.6 is 23.1 Å². The van der Waals surface area contributed by atoms with Gasteiger partial charge in [-0.1, -0.05) is 23.1 Å². The molecule has 1 aromatic carbocycles. The summed E-state index contributed by atoms with van der Waals surface area (Å²) in [6.07, 6.45) is 0. The molecule has 2 amide bonds. The molecule has 0 spiro atoms. The number of carbonyl (C=O) groups is 2. The zero-order valence-corrected chi connectivity index (χ0v) is 19.7. The standard InChI is InChI=1S/C20H27N5O4S2/c1-13(2)21-17(26)12-30-20-23-22-19(31-20)25-7-5-24(6-8-25)18(27)14-9-15(28-3)11-16(10-14)29-4/h9-11,13H,5-8,12H2,1-4H3,(H,21,26). The van der Waals surface area contributed by atoms with E-state index in [1.807, 2.05) is 18.7 Å². The number of rotatable bonds is 8. The Labute approximate surface area is 190 Å². The van der Waals surface area contributed by atoms with Crippen LogP contribution < -0.4 is 19.7 Å². The molecule has 1 aliphatic rings. The maximum Gasteiger partial charge on any atom is 0.254 e. The third-order valence-corrected chi connectivity index (χ3v) is 6.73. The average Bonchev–Trinajstić information content (AvgIpc) is 3.25. The van der Waals surface area contributed by atoms with Gasteiger partial charge in [0.2, 0.25) is 11.0 Å². The van der Waals surface area contributed by atoms with Gasteiger partial charge in [0.1, 0.15) is 11.5 Å². The summed E-state index contributed by atoms with van der Waals surface area (Å²) in [5, 5.41) is 12.1. The van der Waals surface area contributed by atoms with E-state index in [2.05, 4.69) is 20.4 Å². The summed E-state index contributed by atoms with van der Waals surface area (Å²) in [6.45, 7) is 6.36. The largest absolute Gasteiger partial charge is 0.497 e. The first-order valence-corrected chi connectivity index (χ1v) is 11.7. The fraction of sp³-hybridized carbons (Fsp3) is 0.500. The third kappa shape index (κ3) is 6.23. The SMILES string of the molecule is COc1cc(OC)cc(C(=O)N2CCN(c3nnc(SCC(=O)NC(C)C)s3)CC2)c1. The maximum atomic E-state index is 12.9. The number of thioether (sulfide) groups is 1. The Morgan fingerprint density at radius 1 is 1.10 bits per heavy atom. The smallest absolute Gasteiger partial charge is 0.254 e. The summed E-state index contributed by atoms with van der Waals surface area (Å²) < 4.78 is 11.3. The number of amides is 2. The van der Waals surface area contributed by atoms with E-state index in [-0.39, 0.29) is 17.9 Å². The van der Waals surface area contributed by atoms with Crippen molar-refractivity contribution in [1.29, 1.82) is 0 Å². The van der Waals surface area contributed by atoms with E-state index in [9.17, 15) is 9.59 Å². The first kappa shape index (κ1) is 23.1. The van der Waals surface area contributed by atoms with E-state index in [0.717, 1.165) is 9.47 Å². The number of nitrogens with one attached hydrogen (secondary N) is 1. The number of nitrogens with zero attached hydrogens (tertiary/aromatic N) is 4. The van der Waals surface area contributed by atoms with Crippen molar-refractivity contribution in [3.63, 3.8) is 0 Å². The second-order valence-corrected chi connectivity index (χ2v) is 9.42. The lowest BCUT2D eigenvalue weighted by Crippen LogP contribution is -2.48. The number of benzene rings is 1. The molecule has 0 atom stereocenters. The summed E-state index contributed by atoms with van der Waals surface area (Å²) in [5.41, 5.74) is 0.541. The highest BCUT2D eigenvalue weighted by Crippen LogP contribution is 2.29. The summed E-state index contributed by atoms with van der Waals surface area (Å²) in [7, 11) is 3.13. The minimum Gasteiger partial charge on any atom is -0.497 e. The van der Waals surface area contributed by atoms with Gasteiger partial charge in [0.25, 0.3) is 5.91 Å². The van der Waals surface area contributed by atoms with E-state index >= 15 is 0 Å². The molecule has 0 radical (unpaired) electrons. The van der Waals surface area contributed by atoms with Crippen LogP contribution in [0, 0.1) is 0 Å². The molecule has 0 bridgehead atoms. The van der Waals surface area contributed by atoms with Crippen LogP contribution in [0.5, 0.6) is 11.5 Å². The molecule has 11 heteroatoms. The zero-order chi connectivity index (χ0) is 22.4. The first-order chi connectivity index (χ1) is 14.9. The number of aromatic nitrogens is 2. The zero-order valence-electron chi connectivity index (χ0n) is 18.1. The van der Waals surface area contributed by atoms with Gasteiger partial charge in [-0.05, 0) is 26.0 Å². The van der Waals surface area contributed by atoms with Crippen molar-refractivity contribution in [3.05, 3.63) is 23.8 Å². The summed E-state index contributed by atoms with van der Waals surface area (Å²) in [6, 6.07) is 5.31. The van der Waals surface area contributed by atoms with Crippen LogP contribution in [-0.4, -0.2) is 79.1 Å². The molecule has 3 rings (SSSR count). The van der Waals surface area contributed by atoms with Crippen molar-refractivity contribution in [1.82, 2.24) is 20.4 Å². The van der Waals surface area contributed by atoms with E-state index < -0.39 is 0 Å². The van der Waals surface area contributed by atoms with Gasteiger partial charge in [-0.2, -0.15) is 0 Å². The van der Waals surface area contributed by atoms with Crippen LogP contribution in [-0.2, 0) is 4.79 Å². The van der Waals surface area contributed by atoms with Crippen molar-refractivity contribution in [2.24, 2.45) is 0 Å². The van der Waals surface area contributed by atoms with Gasteiger partial charge >= 0.3 is 0 Å². The lowest BCUT2D eigenvalue weighted by atomic mass is 10.1. The summed E-state index contributed by atoms with van der Waals surface area (Å²) in [5.74, 6) is 1.42. The Balaban J connectivity index is 1.55. The number of carbonyl (C=O) groups excluding carboxylic acids is 2. The minimum atomic E-state index is -0.0541. The van der Waals surface area contributed by atoms with E-state index in [0.29, 0.717) is 49.0 Å². The fourth-order valence-electron chi connectivity index (χ4n) is 3.09. The van der Waals surface area contributed by atoms with Crippen molar-refractivity contribution in [3.8, 4) is 11.5 Å². The number of anilines is 1. The molecule has 1 N–H and O–H groups in total. The predicted molar refractivity (Wildman–Crippen MR) is 122 cm³/mol.